The van der Waals surface area contributed by atoms with Crippen molar-refractivity contribution < 1.29 is 13.2 Å². The molecule has 2 fully saturated rings. The Balaban J connectivity index is 1.70. The number of rotatable bonds is 4. The fraction of sp³-hybridized carbons (Fsp3) is 0.533. The smallest absolute Gasteiger partial charge is 0.243 e. The Morgan fingerprint density at radius 3 is 2.19 bits per heavy atom. The zero-order chi connectivity index (χ0) is 14.9. The molecule has 3 rings (SSSR count). The average Bonchev–Trinajstić information content (AvgIpc) is 2.91. The number of nitrogens with one attached hydrogen (secondary N) is 1. The minimum atomic E-state index is -3.37. The van der Waals surface area contributed by atoms with Crippen LogP contribution in [0.2, 0.25) is 0 Å². The van der Waals surface area contributed by atoms with E-state index in [-0.39, 0.29) is 11.8 Å². The second-order valence-electron chi connectivity index (χ2n) is 5.75. The maximum Gasteiger partial charge on any atom is 0.243 e. The van der Waals surface area contributed by atoms with Crippen LogP contribution in [0.1, 0.15) is 32.1 Å². The van der Waals surface area contributed by atoms with Crippen molar-refractivity contribution >= 4 is 21.6 Å². The van der Waals surface area contributed by atoms with Crippen molar-refractivity contribution in [1.82, 2.24) is 4.31 Å². The highest BCUT2D eigenvalue weighted by Crippen LogP contribution is 2.28. The topological polar surface area (TPSA) is 66.5 Å². The van der Waals surface area contributed by atoms with Gasteiger partial charge in [0.25, 0.3) is 0 Å². The van der Waals surface area contributed by atoms with Gasteiger partial charge in [-0.15, -0.1) is 0 Å². The van der Waals surface area contributed by atoms with Crippen molar-refractivity contribution in [3.63, 3.8) is 0 Å². The van der Waals surface area contributed by atoms with E-state index >= 15 is 0 Å². The first-order valence-electron chi connectivity index (χ1n) is 7.48. The molecule has 21 heavy (non-hydrogen) atoms. The summed E-state index contributed by atoms with van der Waals surface area (Å²) in [5, 5.41) is 2.84. The van der Waals surface area contributed by atoms with E-state index in [2.05, 4.69) is 5.32 Å². The number of sulfonamides is 1. The van der Waals surface area contributed by atoms with E-state index in [1.165, 1.54) is 4.31 Å². The van der Waals surface area contributed by atoms with Crippen molar-refractivity contribution in [2.75, 3.05) is 18.4 Å². The minimum absolute atomic E-state index is 0.0383. The Bertz CT molecular complexity index is 615. The van der Waals surface area contributed by atoms with Crippen LogP contribution in [0.25, 0.3) is 0 Å². The third kappa shape index (κ3) is 2.96. The third-order valence-corrected chi connectivity index (χ3v) is 6.21. The lowest BCUT2D eigenvalue weighted by atomic mass is 9.85. The average molecular weight is 308 g/mol. The monoisotopic (exact) mass is 308 g/mol. The van der Waals surface area contributed by atoms with Crippen LogP contribution in [0.5, 0.6) is 0 Å². The van der Waals surface area contributed by atoms with E-state index in [0.29, 0.717) is 23.7 Å². The Hall–Kier alpha value is -1.40. The van der Waals surface area contributed by atoms with E-state index in [4.69, 9.17) is 0 Å². The molecule has 1 aliphatic heterocycles. The summed E-state index contributed by atoms with van der Waals surface area (Å²) in [5.41, 5.74) is 0.660. The molecule has 1 aromatic carbocycles. The zero-order valence-electron chi connectivity index (χ0n) is 11.9. The molecular weight excluding hydrogens is 288 g/mol. The highest BCUT2D eigenvalue weighted by molar-refractivity contribution is 7.89. The fourth-order valence-corrected chi connectivity index (χ4v) is 4.22. The molecule has 1 aliphatic carbocycles. The molecule has 2 aliphatic rings. The van der Waals surface area contributed by atoms with Gasteiger partial charge in [-0.05, 0) is 49.9 Å². The second kappa shape index (κ2) is 5.77. The van der Waals surface area contributed by atoms with E-state index in [0.717, 1.165) is 32.1 Å². The largest absolute Gasteiger partial charge is 0.326 e. The van der Waals surface area contributed by atoms with E-state index in [9.17, 15) is 13.2 Å². The highest BCUT2D eigenvalue weighted by Gasteiger charge is 2.27. The summed E-state index contributed by atoms with van der Waals surface area (Å²) in [6.45, 7) is 1.20. The van der Waals surface area contributed by atoms with Crippen LogP contribution in [0.3, 0.4) is 0 Å². The van der Waals surface area contributed by atoms with Gasteiger partial charge >= 0.3 is 0 Å². The van der Waals surface area contributed by atoms with Gasteiger partial charge in [0, 0.05) is 24.7 Å². The van der Waals surface area contributed by atoms with Gasteiger partial charge < -0.3 is 5.32 Å². The molecule has 1 aromatic rings. The quantitative estimate of drug-likeness (QED) is 0.927. The molecule has 0 radical (unpaired) electrons. The molecule has 1 saturated heterocycles. The molecule has 0 unspecified atom stereocenters. The van der Waals surface area contributed by atoms with Crippen LogP contribution in [0.15, 0.2) is 29.2 Å². The molecule has 0 spiro atoms. The first kappa shape index (κ1) is 14.5. The lowest BCUT2D eigenvalue weighted by molar-refractivity contribution is -0.122. The number of anilines is 1. The maximum absolute atomic E-state index is 12.4. The summed E-state index contributed by atoms with van der Waals surface area (Å²) in [5.74, 6) is 0.161. The third-order valence-electron chi connectivity index (χ3n) is 4.30. The van der Waals surface area contributed by atoms with Gasteiger partial charge in [0.1, 0.15) is 0 Å². The van der Waals surface area contributed by atoms with Gasteiger partial charge in [-0.2, -0.15) is 4.31 Å². The van der Waals surface area contributed by atoms with Crippen molar-refractivity contribution in [2.24, 2.45) is 5.92 Å². The van der Waals surface area contributed by atoms with Crippen LogP contribution in [-0.2, 0) is 14.8 Å². The van der Waals surface area contributed by atoms with Crippen LogP contribution < -0.4 is 5.32 Å². The summed E-state index contributed by atoms with van der Waals surface area (Å²) < 4.78 is 26.3. The molecule has 1 heterocycles. The normalized spacial score (nSPS) is 20.2. The highest BCUT2D eigenvalue weighted by atomic mass is 32.2. The summed E-state index contributed by atoms with van der Waals surface area (Å²) in [4.78, 5) is 12.1. The SMILES string of the molecule is O=C(Nc1ccc(S(=O)(=O)N2CCCC2)cc1)C1CCC1. The zero-order valence-corrected chi connectivity index (χ0v) is 12.7. The molecule has 0 bridgehead atoms. The van der Waals surface area contributed by atoms with Gasteiger partial charge in [0.05, 0.1) is 4.90 Å². The summed E-state index contributed by atoms with van der Waals surface area (Å²) in [7, 11) is -3.37. The summed E-state index contributed by atoms with van der Waals surface area (Å²) in [6, 6.07) is 6.48. The van der Waals surface area contributed by atoms with Gasteiger partial charge in [-0.1, -0.05) is 6.42 Å². The maximum atomic E-state index is 12.4. The first-order chi connectivity index (χ1) is 10.1. The van der Waals surface area contributed by atoms with Gasteiger partial charge in [-0.3, -0.25) is 4.79 Å². The number of hydrogen-bond donors (Lipinski definition) is 1. The number of hydrogen-bond acceptors (Lipinski definition) is 3. The second-order valence-corrected chi connectivity index (χ2v) is 7.69. The summed E-state index contributed by atoms with van der Waals surface area (Å²) in [6.07, 6.45) is 4.87. The van der Waals surface area contributed by atoms with Gasteiger partial charge in [-0.25, -0.2) is 8.42 Å². The molecule has 1 N–H and O–H groups in total. The van der Waals surface area contributed by atoms with E-state index < -0.39 is 10.0 Å². The molecule has 1 saturated carbocycles. The number of benzene rings is 1. The summed E-state index contributed by atoms with van der Waals surface area (Å²) >= 11 is 0. The van der Waals surface area contributed by atoms with Gasteiger partial charge in [0.2, 0.25) is 15.9 Å². The lowest BCUT2D eigenvalue weighted by Crippen LogP contribution is -2.28. The molecule has 0 aromatic heterocycles. The van der Waals surface area contributed by atoms with E-state index in [1.807, 2.05) is 0 Å². The van der Waals surface area contributed by atoms with Crippen LogP contribution in [0.4, 0.5) is 5.69 Å². The van der Waals surface area contributed by atoms with Crippen LogP contribution >= 0.6 is 0 Å². The Morgan fingerprint density at radius 2 is 1.67 bits per heavy atom. The van der Waals surface area contributed by atoms with Crippen LogP contribution in [-0.4, -0.2) is 31.7 Å². The van der Waals surface area contributed by atoms with Crippen molar-refractivity contribution in [3.8, 4) is 0 Å². The predicted octanol–water partition coefficient (Wildman–Crippen LogP) is 2.21. The van der Waals surface area contributed by atoms with Crippen molar-refractivity contribution in [3.05, 3.63) is 24.3 Å². The molecule has 5 nitrogen and oxygen atoms in total. The molecule has 0 atom stereocenters. The number of carbonyl (C=O) groups is 1. The number of carbonyl (C=O) groups excluding carboxylic acids is 1. The number of amides is 1. The van der Waals surface area contributed by atoms with Crippen LogP contribution in [0, 0.1) is 5.92 Å². The molecule has 6 heteroatoms. The molecule has 1 amide bonds. The van der Waals surface area contributed by atoms with Crippen molar-refractivity contribution in [2.45, 2.75) is 37.0 Å². The Labute approximate surface area is 125 Å². The Morgan fingerprint density at radius 1 is 1.05 bits per heavy atom. The minimum Gasteiger partial charge on any atom is -0.326 e. The predicted molar refractivity (Wildman–Crippen MR) is 80.4 cm³/mol. The molecular formula is C15H20N2O3S. The van der Waals surface area contributed by atoms with Gasteiger partial charge in [0.15, 0.2) is 0 Å². The Kier molecular flexibility index (Phi) is 3.99. The standard InChI is InChI=1S/C15H20N2O3S/c18-15(12-4-3-5-12)16-13-6-8-14(9-7-13)21(19,20)17-10-1-2-11-17/h6-9,12H,1-5,10-11H2,(H,16,18). The first-order valence-corrected chi connectivity index (χ1v) is 8.92. The number of nitrogens with zero attached hydrogens (tertiary/aromatic N) is 1. The van der Waals surface area contributed by atoms with E-state index in [1.54, 1.807) is 24.3 Å². The fourth-order valence-electron chi connectivity index (χ4n) is 2.70. The van der Waals surface area contributed by atoms with Crippen molar-refractivity contribution in [1.29, 1.82) is 0 Å². The lowest BCUT2D eigenvalue weighted by Gasteiger charge is -2.24. The molecule has 114 valence electrons.